The van der Waals surface area contributed by atoms with Gasteiger partial charge in [0.05, 0.1) is 12.6 Å². The first-order valence-electron chi connectivity index (χ1n) is 7.23. The molecule has 21 heavy (non-hydrogen) atoms. The normalized spacial score (nSPS) is 20.6. The number of nitrogens with zero attached hydrogens (tertiary/aromatic N) is 1. The lowest BCUT2D eigenvalue weighted by atomic mass is 9.96. The standard InChI is InChI=1S/C18H19NO2/c1-14(20)19(12-15-8-4-2-5-9-15)17-13-21-18(17)16-10-6-3-7-11-16/h2-11,17-18H,12-13H2,1H3/t17-,18-/m1/s1. The minimum absolute atomic E-state index is 0.0150. The molecule has 3 rings (SSSR count). The van der Waals surface area contributed by atoms with Crippen molar-refractivity contribution in [1.82, 2.24) is 4.90 Å². The Kier molecular flexibility index (Phi) is 4.02. The Labute approximate surface area is 125 Å². The van der Waals surface area contributed by atoms with E-state index in [1.54, 1.807) is 6.92 Å². The molecule has 2 aromatic rings. The minimum Gasteiger partial charge on any atom is -0.369 e. The van der Waals surface area contributed by atoms with Gasteiger partial charge in [-0.3, -0.25) is 4.79 Å². The Morgan fingerprint density at radius 2 is 1.71 bits per heavy atom. The molecule has 108 valence electrons. The number of carbonyl (C=O) groups excluding carboxylic acids is 1. The molecule has 2 aromatic carbocycles. The molecule has 1 saturated heterocycles. The fourth-order valence-corrected chi connectivity index (χ4v) is 2.74. The molecular weight excluding hydrogens is 262 g/mol. The highest BCUT2D eigenvalue weighted by Gasteiger charge is 2.39. The van der Waals surface area contributed by atoms with Crippen LogP contribution in [0.25, 0.3) is 0 Å². The molecule has 2 atom stereocenters. The Morgan fingerprint density at radius 1 is 1.10 bits per heavy atom. The highest BCUT2D eigenvalue weighted by Crippen LogP contribution is 2.34. The molecule has 1 fully saturated rings. The van der Waals surface area contributed by atoms with Crippen molar-refractivity contribution < 1.29 is 9.53 Å². The number of benzene rings is 2. The summed E-state index contributed by atoms with van der Waals surface area (Å²) in [4.78, 5) is 13.9. The number of hydrogen-bond acceptors (Lipinski definition) is 2. The largest absolute Gasteiger partial charge is 0.369 e. The summed E-state index contributed by atoms with van der Waals surface area (Å²) in [6, 6.07) is 20.3. The van der Waals surface area contributed by atoms with E-state index < -0.39 is 0 Å². The summed E-state index contributed by atoms with van der Waals surface area (Å²) >= 11 is 0. The van der Waals surface area contributed by atoms with E-state index in [0.717, 1.165) is 11.1 Å². The van der Waals surface area contributed by atoms with Gasteiger partial charge in [0, 0.05) is 13.5 Å². The molecular formula is C18H19NO2. The van der Waals surface area contributed by atoms with Crippen molar-refractivity contribution in [2.24, 2.45) is 0 Å². The average Bonchev–Trinajstić information content (AvgIpc) is 2.47. The van der Waals surface area contributed by atoms with Crippen molar-refractivity contribution in [1.29, 1.82) is 0 Å². The summed E-state index contributed by atoms with van der Waals surface area (Å²) in [5.74, 6) is 0.0908. The zero-order valence-corrected chi connectivity index (χ0v) is 12.1. The number of carbonyl (C=O) groups is 1. The smallest absolute Gasteiger partial charge is 0.220 e. The second-order valence-corrected chi connectivity index (χ2v) is 5.36. The molecule has 0 unspecified atom stereocenters. The average molecular weight is 281 g/mol. The van der Waals surface area contributed by atoms with Crippen LogP contribution in [0, 0.1) is 0 Å². The van der Waals surface area contributed by atoms with Crippen LogP contribution >= 0.6 is 0 Å². The van der Waals surface area contributed by atoms with Gasteiger partial charge < -0.3 is 9.64 Å². The Balaban J connectivity index is 1.77. The lowest BCUT2D eigenvalue weighted by Crippen LogP contribution is -2.52. The summed E-state index contributed by atoms with van der Waals surface area (Å²) in [5.41, 5.74) is 2.28. The predicted molar refractivity (Wildman–Crippen MR) is 81.6 cm³/mol. The van der Waals surface area contributed by atoms with Crippen LogP contribution in [0.2, 0.25) is 0 Å². The van der Waals surface area contributed by atoms with Gasteiger partial charge in [0.2, 0.25) is 5.91 Å². The third-order valence-corrected chi connectivity index (χ3v) is 3.92. The van der Waals surface area contributed by atoms with Gasteiger partial charge in [-0.25, -0.2) is 0 Å². The topological polar surface area (TPSA) is 29.5 Å². The maximum absolute atomic E-state index is 12.0. The highest BCUT2D eigenvalue weighted by molar-refractivity contribution is 5.74. The zero-order chi connectivity index (χ0) is 14.7. The zero-order valence-electron chi connectivity index (χ0n) is 12.1. The van der Waals surface area contributed by atoms with Gasteiger partial charge in [-0.15, -0.1) is 0 Å². The molecule has 1 amide bonds. The summed E-state index contributed by atoms with van der Waals surface area (Å²) in [5, 5.41) is 0. The first kappa shape index (κ1) is 13.8. The van der Waals surface area contributed by atoms with E-state index in [1.807, 2.05) is 53.4 Å². The minimum atomic E-state index is -0.0150. The maximum atomic E-state index is 12.0. The van der Waals surface area contributed by atoms with E-state index in [1.165, 1.54) is 0 Å². The third kappa shape index (κ3) is 2.98. The SMILES string of the molecule is CC(=O)N(Cc1ccccc1)[C@@H]1CO[C@@H]1c1ccccc1. The molecule has 1 aliphatic rings. The Hall–Kier alpha value is -2.13. The molecule has 0 bridgehead atoms. The molecule has 1 heterocycles. The van der Waals surface area contributed by atoms with Crippen molar-refractivity contribution in [2.45, 2.75) is 25.6 Å². The van der Waals surface area contributed by atoms with Crippen LogP contribution in [0.15, 0.2) is 60.7 Å². The fraction of sp³-hybridized carbons (Fsp3) is 0.278. The highest BCUT2D eigenvalue weighted by atomic mass is 16.5. The molecule has 1 aliphatic heterocycles. The van der Waals surface area contributed by atoms with Gasteiger partial charge in [0.25, 0.3) is 0 Å². The lowest BCUT2D eigenvalue weighted by Gasteiger charge is -2.44. The Bertz CT molecular complexity index is 597. The number of ether oxygens (including phenoxy) is 1. The van der Waals surface area contributed by atoms with Gasteiger partial charge >= 0.3 is 0 Å². The quantitative estimate of drug-likeness (QED) is 0.861. The van der Waals surface area contributed by atoms with Crippen molar-refractivity contribution in [2.75, 3.05) is 6.61 Å². The van der Waals surface area contributed by atoms with Crippen LogP contribution in [-0.4, -0.2) is 23.5 Å². The molecule has 3 heteroatoms. The maximum Gasteiger partial charge on any atom is 0.220 e. The van der Waals surface area contributed by atoms with Gasteiger partial charge in [-0.2, -0.15) is 0 Å². The van der Waals surface area contributed by atoms with Crippen LogP contribution in [-0.2, 0) is 16.1 Å². The van der Waals surface area contributed by atoms with Crippen molar-refractivity contribution in [3.8, 4) is 0 Å². The Morgan fingerprint density at radius 3 is 2.24 bits per heavy atom. The van der Waals surface area contributed by atoms with Crippen LogP contribution < -0.4 is 0 Å². The van der Waals surface area contributed by atoms with Crippen LogP contribution in [0.4, 0.5) is 0 Å². The fourth-order valence-electron chi connectivity index (χ4n) is 2.74. The molecule has 3 nitrogen and oxygen atoms in total. The summed E-state index contributed by atoms with van der Waals surface area (Å²) in [6.45, 7) is 2.86. The molecule has 0 radical (unpaired) electrons. The predicted octanol–water partition coefficient (Wildman–Crippen LogP) is 3.18. The number of amides is 1. The third-order valence-electron chi connectivity index (χ3n) is 3.92. The van der Waals surface area contributed by atoms with Crippen LogP contribution in [0.5, 0.6) is 0 Å². The summed E-state index contributed by atoms with van der Waals surface area (Å²) < 4.78 is 5.70. The van der Waals surface area contributed by atoms with E-state index in [0.29, 0.717) is 13.2 Å². The van der Waals surface area contributed by atoms with E-state index in [9.17, 15) is 4.79 Å². The monoisotopic (exact) mass is 281 g/mol. The van der Waals surface area contributed by atoms with Crippen molar-refractivity contribution in [3.05, 3.63) is 71.8 Å². The van der Waals surface area contributed by atoms with Gasteiger partial charge in [0.15, 0.2) is 0 Å². The number of rotatable bonds is 4. The van der Waals surface area contributed by atoms with Crippen molar-refractivity contribution in [3.63, 3.8) is 0 Å². The van der Waals surface area contributed by atoms with Gasteiger partial charge in [0.1, 0.15) is 6.10 Å². The van der Waals surface area contributed by atoms with E-state index in [2.05, 4.69) is 12.1 Å². The molecule has 0 spiro atoms. The summed E-state index contributed by atoms with van der Waals surface area (Å²) in [6.07, 6.45) is -0.0150. The molecule has 0 aliphatic carbocycles. The van der Waals surface area contributed by atoms with Crippen LogP contribution in [0.3, 0.4) is 0 Å². The first-order chi connectivity index (χ1) is 10.3. The first-order valence-corrected chi connectivity index (χ1v) is 7.23. The lowest BCUT2D eigenvalue weighted by molar-refractivity contribution is -0.163. The van der Waals surface area contributed by atoms with Gasteiger partial charge in [-0.1, -0.05) is 60.7 Å². The van der Waals surface area contributed by atoms with Crippen molar-refractivity contribution >= 4 is 5.91 Å². The van der Waals surface area contributed by atoms with E-state index >= 15 is 0 Å². The summed E-state index contributed by atoms with van der Waals surface area (Å²) in [7, 11) is 0. The number of hydrogen-bond donors (Lipinski definition) is 0. The molecule has 0 aromatic heterocycles. The molecule has 0 saturated carbocycles. The van der Waals surface area contributed by atoms with Gasteiger partial charge in [-0.05, 0) is 11.1 Å². The van der Waals surface area contributed by atoms with E-state index in [-0.39, 0.29) is 18.1 Å². The van der Waals surface area contributed by atoms with E-state index in [4.69, 9.17) is 4.74 Å². The molecule has 0 N–H and O–H groups in total. The second kappa shape index (κ2) is 6.10. The second-order valence-electron chi connectivity index (χ2n) is 5.36. The van der Waals surface area contributed by atoms with Crippen LogP contribution in [0.1, 0.15) is 24.2 Å².